The highest BCUT2D eigenvalue weighted by molar-refractivity contribution is 5.98. The maximum atomic E-state index is 12.2. The van der Waals surface area contributed by atoms with Gasteiger partial charge >= 0.3 is 0 Å². The van der Waals surface area contributed by atoms with Crippen LogP contribution in [0.1, 0.15) is 41.8 Å². The van der Waals surface area contributed by atoms with Gasteiger partial charge in [0.1, 0.15) is 5.58 Å². The van der Waals surface area contributed by atoms with Gasteiger partial charge in [-0.3, -0.25) is 4.79 Å². The van der Waals surface area contributed by atoms with E-state index < -0.39 is 0 Å². The molecule has 3 rings (SSSR count). The van der Waals surface area contributed by atoms with E-state index in [0.29, 0.717) is 12.2 Å². The molecule has 1 aliphatic rings. The summed E-state index contributed by atoms with van der Waals surface area (Å²) in [6, 6.07) is 7.74. The van der Waals surface area contributed by atoms with Crippen LogP contribution in [0.3, 0.4) is 0 Å². The van der Waals surface area contributed by atoms with Crippen LogP contribution in [0, 0.1) is 6.92 Å². The lowest BCUT2D eigenvalue weighted by atomic mass is 9.74. The van der Waals surface area contributed by atoms with Crippen molar-refractivity contribution in [1.82, 2.24) is 0 Å². The summed E-state index contributed by atoms with van der Waals surface area (Å²) in [5, 5.41) is 0.984. The number of ketones is 1. The first-order chi connectivity index (χ1) is 8.57. The van der Waals surface area contributed by atoms with Crippen molar-refractivity contribution in [3.8, 4) is 0 Å². The fraction of sp³-hybridized carbons (Fsp3) is 0.400. The molecular formula is C15H17NO2. The molecule has 0 unspecified atom stereocenters. The lowest BCUT2D eigenvalue weighted by Gasteiger charge is -2.37. The van der Waals surface area contributed by atoms with Gasteiger partial charge in [0, 0.05) is 17.3 Å². The van der Waals surface area contributed by atoms with Gasteiger partial charge in [0.2, 0.25) is 0 Å². The molecule has 1 aromatic heterocycles. The molecule has 2 N–H and O–H groups in total. The third kappa shape index (κ3) is 1.85. The first kappa shape index (κ1) is 11.5. The molecule has 2 aromatic rings. The fourth-order valence-electron chi connectivity index (χ4n) is 2.56. The minimum absolute atomic E-state index is 0.0211. The van der Waals surface area contributed by atoms with E-state index in [2.05, 4.69) is 0 Å². The molecule has 0 amide bonds. The standard InChI is InChI=1S/C15H17NO2/c1-10-4-2-5-11-8-13(18-14(10)11)12(17)9-15(16)6-3-7-15/h2,4-5,8H,3,6-7,9,16H2,1H3. The summed E-state index contributed by atoms with van der Waals surface area (Å²) in [6.07, 6.45) is 3.41. The zero-order valence-corrected chi connectivity index (χ0v) is 10.5. The molecule has 0 spiro atoms. The zero-order chi connectivity index (χ0) is 12.8. The van der Waals surface area contributed by atoms with Gasteiger partial charge in [-0.2, -0.15) is 0 Å². The maximum Gasteiger partial charge on any atom is 0.199 e. The molecule has 3 nitrogen and oxygen atoms in total. The first-order valence-electron chi connectivity index (χ1n) is 6.39. The number of para-hydroxylation sites is 1. The van der Waals surface area contributed by atoms with Crippen LogP contribution < -0.4 is 5.73 Å². The minimum atomic E-state index is -0.287. The van der Waals surface area contributed by atoms with E-state index in [-0.39, 0.29) is 11.3 Å². The Morgan fingerprint density at radius 2 is 2.22 bits per heavy atom. The second-order valence-electron chi connectivity index (χ2n) is 5.42. The third-order valence-corrected chi connectivity index (χ3v) is 3.88. The lowest BCUT2D eigenvalue weighted by Crippen LogP contribution is -2.48. The molecular weight excluding hydrogens is 226 g/mol. The maximum absolute atomic E-state index is 12.2. The third-order valence-electron chi connectivity index (χ3n) is 3.88. The smallest absolute Gasteiger partial charge is 0.199 e. The summed E-state index contributed by atoms with van der Waals surface area (Å²) < 4.78 is 5.67. The molecule has 18 heavy (non-hydrogen) atoms. The number of benzene rings is 1. The Balaban J connectivity index is 1.90. The highest BCUT2D eigenvalue weighted by Crippen LogP contribution is 2.34. The Labute approximate surface area is 106 Å². The average molecular weight is 243 g/mol. The number of carbonyl (C=O) groups excluding carboxylic acids is 1. The quantitative estimate of drug-likeness (QED) is 0.842. The van der Waals surface area contributed by atoms with Crippen LogP contribution in [-0.4, -0.2) is 11.3 Å². The van der Waals surface area contributed by atoms with E-state index in [1.54, 1.807) is 0 Å². The van der Waals surface area contributed by atoms with Crippen molar-refractivity contribution in [2.75, 3.05) is 0 Å². The van der Waals surface area contributed by atoms with Gasteiger partial charge < -0.3 is 10.2 Å². The van der Waals surface area contributed by atoms with E-state index >= 15 is 0 Å². The average Bonchev–Trinajstić information content (AvgIpc) is 2.72. The van der Waals surface area contributed by atoms with Crippen molar-refractivity contribution in [1.29, 1.82) is 0 Å². The van der Waals surface area contributed by atoms with Crippen LogP contribution >= 0.6 is 0 Å². The van der Waals surface area contributed by atoms with Gasteiger partial charge in [0.05, 0.1) is 0 Å². The van der Waals surface area contributed by atoms with Gasteiger partial charge in [0.25, 0.3) is 0 Å². The fourth-order valence-corrected chi connectivity index (χ4v) is 2.56. The number of Topliss-reactive ketones (excluding diaryl/α,β-unsaturated/α-hetero) is 1. The summed E-state index contributed by atoms with van der Waals surface area (Å²) in [5.41, 5.74) is 7.68. The first-order valence-corrected chi connectivity index (χ1v) is 6.39. The molecule has 94 valence electrons. The highest BCUT2D eigenvalue weighted by atomic mass is 16.3. The lowest BCUT2D eigenvalue weighted by molar-refractivity contribution is 0.0886. The Morgan fingerprint density at radius 3 is 2.83 bits per heavy atom. The number of rotatable bonds is 3. The van der Waals surface area contributed by atoms with E-state index in [9.17, 15) is 4.79 Å². The SMILES string of the molecule is Cc1cccc2cc(C(=O)CC3(N)CCC3)oc12. The zero-order valence-electron chi connectivity index (χ0n) is 10.5. The molecule has 1 aliphatic carbocycles. The van der Waals surface area contributed by atoms with Crippen LogP contribution in [0.5, 0.6) is 0 Å². The summed E-state index contributed by atoms with van der Waals surface area (Å²) in [4.78, 5) is 12.2. The van der Waals surface area contributed by atoms with Gasteiger partial charge in [0.15, 0.2) is 11.5 Å². The normalized spacial score (nSPS) is 17.7. The number of hydrogen-bond acceptors (Lipinski definition) is 3. The van der Waals surface area contributed by atoms with Crippen LogP contribution in [0.25, 0.3) is 11.0 Å². The molecule has 1 aromatic carbocycles. The largest absolute Gasteiger partial charge is 0.453 e. The van der Waals surface area contributed by atoms with Crippen LogP contribution in [-0.2, 0) is 0 Å². The van der Waals surface area contributed by atoms with Crippen molar-refractivity contribution < 1.29 is 9.21 Å². The second kappa shape index (κ2) is 3.95. The van der Waals surface area contributed by atoms with E-state index in [1.807, 2.05) is 31.2 Å². The summed E-state index contributed by atoms with van der Waals surface area (Å²) in [5.74, 6) is 0.462. The van der Waals surface area contributed by atoms with Gasteiger partial charge in [-0.1, -0.05) is 18.2 Å². The number of hydrogen-bond donors (Lipinski definition) is 1. The number of carbonyl (C=O) groups is 1. The molecule has 1 fully saturated rings. The van der Waals surface area contributed by atoms with Gasteiger partial charge in [-0.15, -0.1) is 0 Å². The number of nitrogens with two attached hydrogens (primary N) is 1. The van der Waals surface area contributed by atoms with Crippen molar-refractivity contribution in [3.63, 3.8) is 0 Å². The van der Waals surface area contributed by atoms with E-state index in [1.165, 1.54) is 0 Å². The topological polar surface area (TPSA) is 56.2 Å². The molecule has 0 atom stereocenters. The van der Waals surface area contributed by atoms with Gasteiger partial charge in [-0.25, -0.2) is 0 Å². The highest BCUT2D eigenvalue weighted by Gasteiger charge is 2.35. The number of furan rings is 1. The van der Waals surface area contributed by atoms with Gasteiger partial charge in [-0.05, 0) is 37.8 Å². The number of aryl methyl sites for hydroxylation is 1. The molecule has 3 heteroatoms. The summed E-state index contributed by atoms with van der Waals surface area (Å²) in [6.45, 7) is 1.98. The number of fused-ring (bicyclic) bond motifs is 1. The second-order valence-corrected chi connectivity index (χ2v) is 5.42. The molecule has 0 radical (unpaired) electrons. The Kier molecular flexibility index (Phi) is 2.52. The van der Waals surface area contributed by atoms with E-state index in [0.717, 1.165) is 35.8 Å². The van der Waals surface area contributed by atoms with Crippen LogP contribution in [0.15, 0.2) is 28.7 Å². The monoisotopic (exact) mass is 243 g/mol. The van der Waals surface area contributed by atoms with Crippen molar-refractivity contribution >= 4 is 16.8 Å². The molecule has 1 saturated carbocycles. The Hall–Kier alpha value is -1.61. The van der Waals surface area contributed by atoms with Crippen LogP contribution in [0.2, 0.25) is 0 Å². The summed E-state index contributed by atoms with van der Waals surface area (Å²) in [7, 11) is 0. The molecule has 0 aliphatic heterocycles. The van der Waals surface area contributed by atoms with Crippen LogP contribution in [0.4, 0.5) is 0 Å². The predicted octanol–water partition coefficient (Wildman–Crippen LogP) is 3.20. The predicted molar refractivity (Wildman–Crippen MR) is 70.7 cm³/mol. The molecule has 0 bridgehead atoms. The Morgan fingerprint density at radius 1 is 1.44 bits per heavy atom. The van der Waals surface area contributed by atoms with E-state index in [4.69, 9.17) is 10.2 Å². The van der Waals surface area contributed by atoms with Crippen molar-refractivity contribution in [2.45, 2.75) is 38.1 Å². The molecule has 0 saturated heterocycles. The summed E-state index contributed by atoms with van der Waals surface area (Å²) >= 11 is 0. The molecule has 1 heterocycles. The Bertz CT molecular complexity index is 608. The minimum Gasteiger partial charge on any atom is -0.453 e. The van der Waals surface area contributed by atoms with Crippen molar-refractivity contribution in [3.05, 3.63) is 35.6 Å². The van der Waals surface area contributed by atoms with Crippen molar-refractivity contribution in [2.24, 2.45) is 5.73 Å².